The van der Waals surface area contributed by atoms with Crippen LogP contribution in [0, 0.1) is 0 Å². The third kappa shape index (κ3) is 11.8. The Morgan fingerprint density at radius 3 is 2.32 bits per heavy atom. The topological polar surface area (TPSA) is 93.2 Å². The highest BCUT2D eigenvalue weighted by Crippen LogP contribution is 2.30. The molecule has 0 bridgehead atoms. The summed E-state index contributed by atoms with van der Waals surface area (Å²) in [4.78, 5) is 16.1. The van der Waals surface area contributed by atoms with Gasteiger partial charge in [0.15, 0.2) is 24.1 Å². The van der Waals surface area contributed by atoms with Gasteiger partial charge in [0.2, 0.25) is 0 Å². The minimum atomic E-state index is -4.43. The molecular weight excluding hydrogens is 417 g/mol. The molecule has 8 nitrogen and oxygen atoms in total. The van der Waals surface area contributed by atoms with Crippen LogP contribution < -0.4 is 25.4 Å². The first-order valence-electron chi connectivity index (χ1n) is 9.79. The zero-order valence-electron chi connectivity index (χ0n) is 18.5. The number of nitrogens with zero attached hydrogens (tertiary/aromatic N) is 1. The number of halogens is 3. The molecule has 3 N–H and O–H groups in total. The lowest BCUT2D eigenvalue weighted by molar-refractivity contribution is -0.153. The van der Waals surface area contributed by atoms with Gasteiger partial charge in [0, 0.05) is 19.6 Å². The van der Waals surface area contributed by atoms with Crippen LogP contribution in [0.25, 0.3) is 0 Å². The monoisotopic (exact) mass is 448 g/mol. The van der Waals surface area contributed by atoms with Gasteiger partial charge < -0.3 is 30.2 Å². The maximum Gasteiger partial charge on any atom is 0.422 e. The fourth-order valence-electron chi connectivity index (χ4n) is 2.26. The molecule has 0 saturated carbocycles. The number of nitrogens with one attached hydrogen (secondary N) is 3. The summed E-state index contributed by atoms with van der Waals surface area (Å²) in [5.41, 5.74) is 0.155. The molecule has 0 aliphatic carbocycles. The molecule has 0 fully saturated rings. The summed E-state index contributed by atoms with van der Waals surface area (Å²) in [6.45, 7) is 7.49. The fourth-order valence-corrected chi connectivity index (χ4v) is 2.26. The molecule has 1 aromatic rings. The van der Waals surface area contributed by atoms with Crippen molar-refractivity contribution in [3.05, 3.63) is 23.8 Å². The van der Waals surface area contributed by atoms with Gasteiger partial charge >= 0.3 is 12.3 Å². The summed E-state index contributed by atoms with van der Waals surface area (Å²) in [5.74, 6) is 0.715. The van der Waals surface area contributed by atoms with Crippen LogP contribution in [-0.4, -0.2) is 57.2 Å². The normalized spacial score (nSPS) is 12.2. The smallest absolute Gasteiger partial charge is 0.422 e. The second-order valence-corrected chi connectivity index (χ2v) is 7.44. The van der Waals surface area contributed by atoms with E-state index in [1.165, 1.54) is 13.2 Å². The van der Waals surface area contributed by atoms with Crippen molar-refractivity contribution >= 4 is 12.1 Å². The molecule has 1 amide bonds. The van der Waals surface area contributed by atoms with E-state index in [2.05, 4.69) is 20.9 Å². The summed E-state index contributed by atoms with van der Waals surface area (Å²) in [5, 5.41) is 8.78. The van der Waals surface area contributed by atoms with E-state index in [0.717, 1.165) is 5.56 Å². The van der Waals surface area contributed by atoms with Crippen LogP contribution in [0.1, 0.15) is 33.3 Å². The SMILES string of the molecule is CCNC(=NCc1ccc(OCC(F)(F)F)c(OC)c1)NCCNC(=O)OC(C)(C)C. The average molecular weight is 448 g/mol. The van der Waals surface area contributed by atoms with E-state index in [9.17, 15) is 18.0 Å². The van der Waals surface area contributed by atoms with Crippen molar-refractivity contribution in [2.45, 2.75) is 46.0 Å². The summed E-state index contributed by atoms with van der Waals surface area (Å²) >= 11 is 0. The number of carbonyl (C=O) groups excluding carboxylic acids is 1. The zero-order chi connectivity index (χ0) is 23.5. The highest BCUT2D eigenvalue weighted by atomic mass is 19.4. The van der Waals surface area contributed by atoms with E-state index in [4.69, 9.17) is 14.2 Å². The quantitative estimate of drug-likeness (QED) is 0.305. The number of guanidine groups is 1. The van der Waals surface area contributed by atoms with Crippen LogP contribution in [0.15, 0.2) is 23.2 Å². The van der Waals surface area contributed by atoms with Crippen LogP contribution >= 0.6 is 0 Å². The lowest BCUT2D eigenvalue weighted by atomic mass is 10.2. The largest absolute Gasteiger partial charge is 0.493 e. The van der Waals surface area contributed by atoms with E-state index in [0.29, 0.717) is 25.6 Å². The molecule has 1 aromatic carbocycles. The van der Waals surface area contributed by atoms with E-state index in [1.54, 1.807) is 32.9 Å². The van der Waals surface area contributed by atoms with Gasteiger partial charge in [0.05, 0.1) is 13.7 Å². The predicted molar refractivity (Wildman–Crippen MR) is 112 cm³/mol. The molecule has 0 saturated heterocycles. The van der Waals surface area contributed by atoms with Crippen molar-refractivity contribution in [3.63, 3.8) is 0 Å². The number of hydrogen-bond acceptors (Lipinski definition) is 5. The van der Waals surface area contributed by atoms with Gasteiger partial charge in [-0.1, -0.05) is 6.07 Å². The van der Waals surface area contributed by atoms with E-state index >= 15 is 0 Å². The Balaban J connectivity index is 2.63. The molecule has 176 valence electrons. The minimum absolute atomic E-state index is 0.00537. The third-order valence-corrected chi connectivity index (χ3v) is 3.47. The predicted octanol–water partition coefficient (Wildman–Crippen LogP) is 3.22. The molecule has 0 aromatic heterocycles. The molecule has 1 rings (SSSR count). The van der Waals surface area contributed by atoms with Crippen molar-refractivity contribution in [1.82, 2.24) is 16.0 Å². The Labute approximate surface area is 180 Å². The Bertz CT molecular complexity index is 734. The van der Waals surface area contributed by atoms with E-state index < -0.39 is 24.5 Å². The van der Waals surface area contributed by atoms with Gasteiger partial charge in [-0.05, 0) is 45.4 Å². The Kier molecular flexibility index (Phi) is 10.2. The van der Waals surface area contributed by atoms with Crippen molar-refractivity contribution in [2.24, 2.45) is 4.99 Å². The first kappa shape index (κ1) is 26.2. The van der Waals surface area contributed by atoms with Crippen molar-refractivity contribution in [1.29, 1.82) is 0 Å². The number of aliphatic imine (C=N–C) groups is 1. The second-order valence-electron chi connectivity index (χ2n) is 7.44. The van der Waals surface area contributed by atoms with Crippen LogP contribution in [0.4, 0.5) is 18.0 Å². The van der Waals surface area contributed by atoms with E-state index in [1.807, 2.05) is 6.92 Å². The number of alkyl halides is 3. The molecule has 0 heterocycles. The minimum Gasteiger partial charge on any atom is -0.493 e. The number of rotatable bonds is 9. The fraction of sp³-hybridized carbons (Fsp3) is 0.600. The lowest BCUT2D eigenvalue weighted by Crippen LogP contribution is -2.42. The molecule has 0 aliphatic heterocycles. The van der Waals surface area contributed by atoms with Crippen LogP contribution in [0.2, 0.25) is 0 Å². The third-order valence-electron chi connectivity index (χ3n) is 3.47. The van der Waals surface area contributed by atoms with Crippen LogP contribution in [-0.2, 0) is 11.3 Å². The molecule has 0 radical (unpaired) electrons. The molecule has 31 heavy (non-hydrogen) atoms. The van der Waals surface area contributed by atoms with Crippen molar-refractivity contribution < 1.29 is 32.2 Å². The maximum absolute atomic E-state index is 12.4. The number of methoxy groups -OCH3 is 1. The van der Waals surface area contributed by atoms with Crippen LogP contribution in [0.5, 0.6) is 11.5 Å². The number of carbonyl (C=O) groups is 1. The molecule has 0 unspecified atom stereocenters. The Hall–Kier alpha value is -2.85. The highest BCUT2D eigenvalue weighted by molar-refractivity contribution is 5.79. The molecule has 0 spiro atoms. The molecule has 11 heteroatoms. The van der Waals surface area contributed by atoms with Crippen LogP contribution in [0.3, 0.4) is 0 Å². The summed E-state index contributed by atoms with van der Waals surface area (Å²) < 4.78 is 52.1. The maximum atomic E-state index is 12.4. The molecule has 0 aliphatic rings. The van der Waals surface area contributed by atoms with Gasteiger partial charge in [-0.25, -0.2) is 9.79 Å². The van der Waals surface area contributed by atoms with Gasteiger partial charge in [0.1, 0.15) is 5.60 Å². The van der Waals surface area contributed by atoms with Gasteiger partial charge in [-0.15, -0.1) is 0 Å². The summed E-state index contributed by atoms with van der Waals surface area (Å²) in [6, 6.07) is 4.61. The summed E-state index contributed by atoms with van der Waals surface area (Å²) in [7, 11) is 1.35. The summed E-state index contributed by atoms with van der Waals surface area (Å²) in [6.07, 6.45) is -4.94. The number of ether oxygens (including phenoxy) is 3. The first-order valence-corrected chi connectivity index (χ1v) is 9.79. The van der Waals surface area contributed by atoms with Crippen molar-refractivity contribution in [3.8, 4) is 11.5 Å². The molecular formula is C20H31F3N4O4. The Morgan fingerprint density at radius 2 is 1.74 bits per heavy atom. The first-order chi connectivity index (χ1) is 14.4. The highest BCUT2D eigenvalue weighted by Gasteiger charge is 2.29. The van der Waals surface area contributed by atoms with Crippen molar-refractivity contribution in [2.75, 3.05) is 33.4 Å². The van der Waals surface area contributed by atoms with Gasteiger partial charge in [-0.2, -0.15) is 13.2 Å². The molecule has 0 atom stereocenters. The van der Waals surface area contributed by atoms with E-state index in [-0.39, 0.29) is 18.0 Å². The number of benzene rings is 1. The zero-order valence-corrected chi connectivity index (χ0v) is 18.5. The second kappa shape index (κ2) is 12.1. The lowest BCUT2D eigenvalue weighted by Gasteiger charge is -2.20. The Morgan fingerprint density at radius 1 is 1.06 bits per heavy atom. The number of hydrogen-bond donors (Lipinski definition) is 3. The number of alkyl carbamates (subject to hydrolysis) is 1. The standard InChI is InChI=1S/C20H31F3N4O4/c1-6-24-17(25-9-10-26-18(28)31-19(2,3)4)27-12-14-7-8-15(16(11-14)29-5)30-13-20(21,22)23/h7-8,11H,6,9-10,12-13H2,1-5H3,(H,26,28)(H2,24,25,27). The van der Waals surface area contributed by atoms with Gasteiger partial charge in [-0.3, -0.25) is 0 Å². The van der Waals surface area contributed by atoms with Gasteiger partial charge in [0.25, 0.3) is 0 Å². The number of amides is 1. The average Bonchev–Trinajstić information content (AvgIpc) is 2.65.